The van der Waals surface area contributed by atoms with Crippen molar-refractivity contribution in [2.75, 3.05) is 13.2 Å². The lowest BCUT2D eigenvalue weighted by Crippen LogP contribution is -2.46. The average molecular weight is 513 g/mol. The van der Waals surface area contributed by atoms with Crippen molar-refractivity contribution in [3.8, 4) is 5.75 Å². The molecule has 8 nitrogen and oxygen atoms in total. The molecule has 1 aliphatic carbocycles. The number of ether oxygens (including phenoxy) is 1. The molecule has 2 fully saturated rings. The Balaban J connectivity index is 1.31. The number of rotatable bonds is 11. The van der Waals surface area contributed by atoms with Crippen molar-refractivity contribution in [1.29, 1.82) is 0 Å². The molecular formula is C27H33ClN4O4. The zero-order valence-electron chi connectivity index (χ0n) is 20.3. The first-order valence-electron chi connectivity index (χ1n) is 12.4. The molecule has 0 spiro atoms. The summed E-state index contributed by atoms with van der Waals surface area (Å²) in [6.07, 6.45) is 4.14. The molecule has 2 aliphatic rings. The lowest BCUT2D eigenvalue weighted by Gasteiger charge is -2.25. The van der Waals surface area contributed by atoms with Crippen molar-refractivity contribution in [2.24, 2.45) is 5.73 Å². The first-order valence-corrected chi connectivity index (χ1v) is 12.8. The summed E-state index contributed by atoms with van der Waals surface area (Å²) in [4.78, 5) is 39.5. The molecule has 1 saturated heterocycles. The predicted molar refractivity (Wildman–Crippen MR) is 137 cm³/mol. The Morgan fingerprint density at radius 3 is 2.61 bits per heavy atom. The molecule has 4 rings (SSSR count). The third-order valence-electron chi connectivity index (χ3n) is 6.41. The summed E-state index contributed by atoms with van der Waals surface area (Å²) in [5, 5.41) is 5.98. The van der Waals surface area contributed by atoms with Crippen LogP contribution in [0.15, 0.2) is 48.5 Å². The van der Waals surface area contributed by atoms with Gasteiger partial charge >= 0.3 is 0 Å². The van der Waals surface area contributed by atoms with Gasteiger partial charge in [0.1, 0.15) is 5.75 Å². The minimum atomic E-state index is -0.440. The van der Waals surface area contributed by atoms with E-state index in [9.17, 15) is 14.4 Å². The summed E-state index contributed by atoms with van der Waals surface area (Å²) in [6.45, 7) is 1.04. The zero-order valence-corrected chi connectivity index (χ0v) is 21.0. The van der Waals surface area contributed by atoms with Crippen molar-refractivity contribution in [3.63, 3.8) is 0 Å². The topological polar surface area (TPSA) is 114 Å². The third kappa shape index (κ3) is 7.78. The lowest BCUT2D eigenvalue weighted by atomic mass is 10.0. The second-order valence-electron chi connectivity index (χ2n) is 9.58. The van der Waals surface area contributed by atoms with Crippen LogP contribution in [-0.4, -0.2) is 53.9 Å². The number of benzene rings is 2. The zero-order chi connectivity index (χ0) is 25.5. The Kier molecular flexibility index (Phi) is 8.96. The Morgan fingerprint density at radius 2 is 1.86 bits per heavy atom. The second-order valence-corrected chi connectivity index (χ2v) is 10.0. The van der Waals surface area contributed by atoms with Crippen molar-refractivity contribution in [3.05, 3.63) is 64.7 Å². The highest BCUT2D eigenvalue weighted by molar-refractivity contribution is 6.30. The molecule has 2 aromatic rings. The smallest absolute Gasteiger partial charge is 0.258 e. The Labute approximate surface area is 216 Å². The van der Waals surface area contributed by atoms with E-state index in [0.29, 0.717) is 36.7 Å². The van der Waals surface area contributed by atoms with Crippen LogP contribution in [-0.2, 0) is 27.3 Å². The summed E-state index contributed by atoms with van der Waals surface area (Å²) in [5.41, 5.74) is 7.98. The highest BCUT2D eigenvalue weighted by atomic mass is 35.5. The van der Waals surface area contributed by atoms with Gasteiger partial charge in [0, 0.05) is 35.6 Å². The molecule has 2 atom stereocenters. The van der Waals surface area contributed by atoms with Crippen molar-refractivity contribution in [1.82, 2.24) is 15.5 Å². The number of imide groups is 1. The summed E-state index contributed by atoms with van der Waals surface area (Å²) < 4.78 is 5.78. The SMILES string of the molecule is N[C@@H](CC(=O)NC(=O)[C@@H]1CCCN1Cc1cc(Cl)ccc1OCC(=O)NC1CC1)Cc1ccccc1. The van der Waals surface area contributed by atoms with E-state index in [1.807, 2.05) is 35.2 Å². The van der Waals surface area contributed by atoms with Gasteiger partial charge in [0.25, 0.3) is 5.91 Å². The molecular weight excluding hydrogens is 480 g/mol. The maximum atomic E-state index is 12.9. The van der Waals surface area contributed by atoms with Gasteiger partial charge in [0.05, 0.1) is 6.04 Å². The average Bonchev–Trinajstić information content (AvgIpc) is 3.52. The highest BCUT2D eigenvalue weighted by Gasteiger charge is 2.32. The van der Waals surface area contributed by atoms with E-state index in [4.69, 9.17) is 22.1 Å². The van der Waals surface area contributed by atoms with E-state index >= 15 is 0 Å². The van der Waals surface area contributed by atoms with Crippen LogP contribution in [0.2, 0.25) is 5.02 Å². The largest absolute Gasteiger partial charge is 0.483 e. The lowest BCUT2D eigenvalue weighted by molar-refractivity contribution is -0.133. The highest BCUT2D eigenvalue weighted by Crippen LogP contribution is 2.28. The fourth-order valence-corrected chi connectivity index (χ4v) is 4.68. The van der Waals surface area contributed by atoms with Crippen LogP contribution in [0, 0.1) is 0 Å². The van der Waals surface area contributed by atoms with Crippen molar-refractivity contribution < 1.29 is 19.1 Å². The minimum absolute atomic E-state index is 0.0720. The summed E-state index contributed by atoms with van der Waals surface area (Å²) in [7, 11) is 0. The van der Waals surface area contributed by atoms with Crippen LogP contribution in [0.3, 0.4) is 0 Å². The van der Waals surface area contributed by atoms with E-state index < -0.39 is 6.04 Å². The van der Waals surface area contributed by atoms with Crippen LogP contribution in [0.5, 0.6) is 5.75 Å². The van der Waals surface area contributed by atoms with Gasteiger partial charge in [-0.05, 0) is 62.4 Å². The molecule has 1 saturated carbocycles. The molecule has 4 N–H and O–H groups in total. The van der Waals surface area contributed by atoms with Gasteiger partial charge in [-0.2, -0.15) is 0 Å². The number of halogens is 1. The fraction of sp³-hybridized carbons (Fsp3) is 0.444. The Morgan fingerprint density at radius 1 is 1.08 bits per heavy atom. The molecule has 3 amide bonds. The first-order chi connectivity index (χ1) is 17.4. The van der Waals surface area contributed by atoms with Crippen LogP contribution >= 0.6 is 11.6 Å². The van der Waals surface area contributed by atoms with E-state index in [1.165, 1.54) is 0 Å². The van der Waals surface area contributed by atoms with Gasteiger partial charge in [-0.1, -0.05) is 41.9 Å². The number of amides is 3. The maximum absolute atomic E-state index is 12.9. The maximum Gasteiger partial charge on any atom is 0.258 e. The number of carbonyl (C=O) groups is 3. The van der Waals surface area contributed by atoms with E-state index in [1.54, 1.807) is 18.2 Å². The first kappa shape index (κ1) is 26.1. The number of hydrogen-bond donors (Lipinski definition) is 3. The quantitative estimate of drug-likeness (QED) is 0.426. The van der Waals surface area contributed by atoms with E-state index in [0.717, 1.165) is 30.4 Å². The number of hydrogen-bond acceptors (Lipinski definition) is 6. The normalized spacial score (nSPS) is 18.4. The number of nitrogens with zero attached hydrogens (tertiary/aromatic N) is 1. The van der Waals surface area contributed by atoms with Crippen molar-refractivity contribution in [2.45, 2.75) is 63.2 Å². The van der Waals surface area contributed by atoms with E-state index in [2.05, 4.69) is 10.6 Å². The van der Waals surface area contributed by atoms with Crippen LogP contribution in [0.25, 0.3) is 0 Å². The summed E-state index contributed by atoms with van der Waals surface area (Å²) in [6, 6.07) is 14.4. The molecule has 192 valence electrons. The summed E-state index contributed by atoms with van der Waals surface area (Å²) >= 11 is 6.23. The van der Waals surface area contributed by atoms with Gasteiger partial charge in [-0.3, -0.25) is 24.6 Å². The van der Waals surface area contributed by atoms with Crippen LogP contribution < -0.4 is 21.1 Å². The monoisotopic (exact) mass is 512 g/mol. The standard InChI is InChI=1S/C27H33ClN4O4/c28-20-8-11-24(36-17-26(34)30-22-9-10-22)19(14-20)16-32-12-4-7-23(32)27(35)31-25(33)15-21(29)13-18-5-2-1-3-6-18/h1-3,5-6,8,11,14,21-23H,4,7,9-10,12-13,15-17,29H2,(H,30,34)(H,31,33,35)/t21-,23+/m1/s1. The number of likely N-dealkylation sites (tertiary alicyclic amines) is 1. The van der Waals surface area contributed by atoms with Gasteiger partial charge in [-0.25, -0.2) is 0 Å². The number of carbonyl (C=O) groups excluding carboxylic acids is 3. The molecule has 9 heteroatoms. The Hall–Kier alpha value is -2.94. The molecule has 1 aliphatic heterocycles. The number of nitrogens with one attached hydrogen (secondary N) is 2. The van der Waals surface area contributed by atoms with Gasteiger partial charge in [-0.15, -0.1) is 0 Å². The summed E-state index contributed by atoms with van der Waals surface area (Å²) in [5.74, 6) is -0.290. The molecule has 2 aromatic carbocycles. The molecule has 0 bridgehead atoms. The number of nitrogens with two attached hydrogens (primary N) is 1. The van der Waals surface area contributed by atoms with E-state index in [-0.39, 0.29) is 42.8 Å². The Bertz CT molecular complexity index is 1080. The van der Waals surface area contributed by atoms with Gasteiger partial charge in [0.2, 0.25) is 11.8 Å². The molecule has 0 aromatic heterocycles. The molecule has 36 heavy (non-hydrogen) atoms. The third-order valence-corrected chi connectivity index (χ3v) is 6.65. The molecule has 0 radical (unpaired) electrons. The van der Waals surface area contributed by atoms with Crippen LogP contribution in [0.4, 0.5) is 0 Å². The fourth-order valence-electron chi connectivity index (χ4n) is 4.48. The van der Waals surface area contributed by atoms with Gasteiger partial charge in [0.15, 0.2) is 6.61 Å². The predicted octanol–water partition coefficient (Wildman–Crippen LogP) is 2.56. The molecule has 0 unspecified atom stereocenters. The minimum Gasteiger partial charge on any atom is -0.483 e. The van der Waals surface area contributed by atoms with Crippen LogP contribution in [0.1, 0.15) is 43.2 Å². The molecule has 1 heterocycles. The van der Waals surface area contributed by atoms with Crippen molar-refractivity contribution >= 4 is 29.3 Å². The van der Waals surface area contributed by atoms with Gasteiger partial charge < -0.3 is 15.8 Å². The second kappa shape index (κ2) is 12.3.